The number of unbranched alkanes of at least 4 members (excludes halogenated alkanes) is 1. The van der Waals surface area contributed by atoms with Crippen LogP contribution in [0.2, 0.25) is 0 Å². The molecule has 0 radical (unpaired) electrons. The lowest BCUT2D eigenvalue weighted by Crippen LogP contribution is -2.31. The highest BCUT2D eigenvalue weighted by Gasteiger charge is 2.13. The summed E-state index contributed by atoms with van der Waals surface area (Å²) in [5.74, 6) is 0.578. The third-order valence-electron chi connectivity index (χ3n) is 2.86. The zero-order valence-electron chi connectivity index (χ0n) is 10.7. The Balaban J connectivity index is 2.11. The Morgan fingerprint density at radius 3 is 2.82 bits per heavy atom. The van der Waals surface area contributed by atoms with E-state index in [4.69, 9.17) is 4.74 Å². The number of amides is 1. The SMILES string of the molecule is CCCC=CC=CC(=O)NCC1CCOCC1. The quantitative estimate of drug-likeness (QED) is 0.569. The monoisotopic (exact) mass is 237 g/mol. The second-order valence-electron chi connectivity index (χ2n) is 4.38. The summed E-state index contributed by atoms with van der Waals surface area (Å²) in [5, 5.41) is 2.93. The molecule has 0 bridgehead atoms. The van der Waals surface area contributed by atoms with Crippen molar-refractivity contribution >= 4 is 5.91 Å². The van der Waals surface area contributed by atoms with E-state index in [1.165, 1.54) is 0 Å². The molecule has 0 aromatic carbocycles. The molecule has 0 unspecified atom stereocenters. The minimum absolute atomic E-state index is 0.00218. The average molecular weight is 237 g/mol. The van der Waals surface area contributed by atoms with Crippen molar-refractivity contribution in [3.8, 4) is 0 Å². The molecule has 1 aliphatic rings. The normalized spacial score (nSPS) is 17.9. The fourth-order valence-corrected chi connectivity index (χ4v) is 1.74. The number of carbonyl (C=O) groups is 1. The standard InChI is InChI=1S/C14H23NO2/c1-2-3-4-5-6-7-14(16)15-12-13-8-10-17-11-9-13/h4-7,13H,2-3,8-12H2,1H3,(H,15,16). The number of nitrogens with one attached hydrogen (secondary N) is 1. The molecule has 0 atom stereocenters. The zero-order valence-corrected chi connectivity index (χ0v) is 10.7. The van der Waals surface area contributed by atoms with Crippen molar-refractivity contribution in [2.45, 2.75) is 32.6 Å². The molecule has 96 valence electrons. The zero-order chi connectivity index (χ0) is 12.3. The lowest BCUT2D eigenvalue weighted by Gasteiger charge is -2.21. The lowest BCUT2D eigenvalue weighted by atomic mass is 10.0. The third-order valence-corrected chi connectivity index (χ3v) is 2.86. The van der Waals surface area contributed by atoms with Gasteiger partial charge in [-0.15, -0.1) is 0 Å². The maximum Gasteiger partial charge on any atom is 0.243 e. The molecule has 1 amide bonds. The van der Waals surface area contributed by atoms with E-state index in [0.717, 1.165) is 45.4 Å². The number of ether oxygens (including phenoxy) is 1. The number of allylic oxidation sites excluding steroid dienone is 3. The largest absolute Gasteiger partial charge is 0.381 e. The van der Waals surface area contributed by atoms with Crippen LogP contribution in [0.4, 0.5) is 0 Å². The second kappa shape index (κ2) is 8.99. The van der Waals surface area contributed by atoms with Gasteiger partial charge in [-0.05, 0) is 25.2 Å². The lowest BCUT2D eigenvalue weighted by molar-refractivity contribution is -0.116. The Morgan fingerprint density at radius 1 is 1.35 bits per heavy atom. The van der Waals surface area contributed by atoms with E-state index in [1.807, 2.05) is 6.08 Å². The molecule has 3 heteroatoms. The maximum atomic E-state index is 11.5. The molecule has 0 aliphatic carbocycles. The Morgan fingerprint density at radius 2 is 2.12 bits per heavy atom. The molecule has 1 saturated heterocycles. The van der Waals surface area contributed by atoms with Crippen molar-refractivity contribution in [2.24, 2.45) is 5.92 Å². The Hall–Kier alpha value is -1.09. The van der Waals surface area contributed by atoms with Gasteiger partial charge in [0, 0.05) is 25.8 Å². The maximum absolute atomic E-state index is 11.5. The highest BCUT2D eigenvalue weighted by molar-refractivity contribution is 5.87. The first kappa shape index (κ1) is 14.0. The van der Waals surface area contributed by atoms with Crippen LogP contribution in [0.1, 0.15) is 32.6 Å². The van der Waals surface area contributed by atoms with Crippen LogP contribution in [0, 0.1) is 5.92 Å². The predicted molar refractivity (Wildman–Crippen MR) is 69.7 cm³/mol. The van der Waals surface area contributed by atoms with E-state index < -0.39 is 0 Å². The van der Waals surface area contributed by atoms with E-state index in [1.54, 1.807) is 12.2 Å². The van der Waals surface area contributed by atoms with Crippen LogP contribution in [0.15, 0.2) is 24.3 Å². The van der Waals surface area contributed by atoms with Gasteiger partial charge in [0.15, 0.2) is 0 Å². The van der Waals surface area contributed by atoms with Crippen LogP contribution < -0.4 is 5.32 Å². The molecule has 3 nitrogen and oxygen atoms in total. The van der Waals surface area contributed by atoms with Crippen molar-refractivity contribution in [1.29, 1.82) is 0 Å². The molecule has 1 heterocycles. The van der Waals surface area contributed by atoms with Crippen molar-refractivity contribution in [2.75, 3.05) is 19.8 Å². The minimum Gasteiger partial charge on any atom is -0.381 e. The van der Waals surface area contributed by atoms with Crippen molar-refractivity contribution in [3.05, 3.63) is 24.3 Å². The fourth-order valence-electron chi connectivity index (χ4n) is 1.74. The van der Waals surface area contributed by atoms with Crippen LogP contribution in [-0.2, 0) is 9.53 Å². The predicted octanol–water partition coefficient (Wildman–Crippen LogP) is 2.44. The topological polar surface area (TPSA) is 38.3 Å². The van der Waals surface area contributed by atoms with E-state index in [0.29, 0.717) is 5.92 Å². The number of hydrogen-bond acceptors (Lipinski definition) is 2. The van der Waals surface area contributed by atoms with Gasteiger partial charge in [-0.2, -0.15) is 0 Å². The van der Waals surface area contributed by atoms with Gasteiger partial charge in [-0.3, -0.25) is 4.79 Å². The number of rotatable bonds is 6. The Bertz CT molecular complexity index is 265. The van der Waals surface area contributed by atoms with Crippen LogP contribution in [0.5, 0.6) is 0 Å². The molecule has 0 saturated carbocycles. The van der Waals surface area contributed by atoms with E-state index in [9.17, 15) is 4.79 Å². The molecule has 0 aromatic heterocycles. The fraction of sp³-hybridized carbons (Fsp3) is 0.643. The molecular formula is C14H23NO2. The first-order chi connectivity index (χ1) is 8.33. The molecule has 0 aromatic rings. The molecular weight excluding hydrogens is 214 g/mol. The summed E-state index contributed by atoms with van der Waals surface area (Å²) in [6, 6.07) is 0. The first-order valence-corrected chi connectivity index (χ1v) is 6.51. The van der Waals surface area contributed by atoms with E-state index in [2.05, 4.69) is 18.3 Å². The van der Waals surface area contributed by atoms with Gasteiger partial charge in [0.25, 0.3) is 0 Å². The van der Waals surface area contributed by atoms with Crippen molar-refractivity contribution < 1.29 is 9.53 Å². The summed E-state index contributed by atoms with van der Waals surface area (Å²) >= 11 is 0. The molecule has 0 spiro atoms. The summed E-state index contributed by atoms with van der Waals surface area (Å²) in [4.78, 5) is 11.5. The van der Waals surface area contributed by atoms with E-state index in [-0.39, 0.29) is 5.91 Å². The molecule has 1 fully saturated rings. The van der Waals surface area contributed by atoms with Gasteiger partial charge in [0.2, 0.25) is 5.91 Å². The highest BCUT2D eigenvalue weighted by Crippen LogP contribution is 2.12. The summed E-state index contributed by atoms with van der Waals surface area (Å²) in [6.07, 6.45) is 11.7. The van der Waals surface area contributed by atoms with Gasteiger partial charge in [-0.1, -0.05) is 31.6 Å². The smallest absolute Gasteiger partial charge is 0.243 e. The van der Waals surface area contributed by atoms with Crippen LogP contribution in [0.3, 0.4) is 0 Å². The molecule has 17 heavy (non-hydrogen) atoms. The number of hydrogen-bond donors (Lipinski definition) is 1. The van der Waals surface area contributed by atoms with Gasteiger partial charge in [0.05, 0.1) is 0 Å². The molecule has 1 aliphatic heterocycles. The summed E-state index contributed by atoms with van der Waals surface area (Å²) < 4.78 is 5.27. The van der Waals surface area contributed by atoms with Gasteiger partial charge in [0.1, 0.15) is 0 Å². The van der Waals surface area contributed by atoms with Gasteiger partial charge < -0.3 is 10.1 Å². The van der Waals surface area contributed by atoms with Crippen LogP contribution >= 0.6 is 0 Å². The Kier molecular flexibility index (Phi) is 7.39. The average Bonchev–Trinajstić information content (AvgIpc) is 2.37. The number of carbonyl (C=O) groups excluding carboxylic acids is 1. The summed E-state index contributed by atoms with van der Waals surface area (Å²) in [7, 11) is 0. The summed E-state index contributed by atoms with van der Waals surface area (Å²) in [6.45, 7) is 4.56. The van der Waals surface area contributed by atoms with Gasteiger partial charge in [-0.25, -0.2) is 0 Å². The second-order valence-corrected chi connectivity index (χ2v) is 4.38. The van der Waals surface area contributed by atoms with Crippen molar-refractivity contribution in [3.63, 3.8) is 0 Å². The first-order valence-electron chi connectivity index (χ1n) is 6.51. The van der Waals surface area contributed by atoms with Crippen LogP contribution in [-0.4, -0.2) is 25.7 Å². The van der Waals surface area contributed by atoms with E-state index >= 15 is 0 Å². The van der Waals surface area contributed by atoms with Gasteiger partial charge >= 0.3 is 0 Å². The minimum atomic E-state index is -0.00218. The third kappa shape index (κ3) is 6.95. The summed E-state index contributed by atoms with van der Waals surface area (Å²) in [5.41, 5.74) is 0. The van der Waals surface area contributed by atoms with Crippen molar-refractivity contribution in [1.82, 2.24) is 5.32 Å². The highest BCUT2D eigenvalue weighted by atomic mass is 16.5. The van der Waals surface area contributed by atoms with Crippen LogP contribution in [0.25, 0.3) is 0 Å². The molecule has 1 N–H and O–H groups in total. The molecule has 1 rings (SSSR count). The Labute approximate surface area is 104 Å².